The Labute approximate surface area is 195 Å². The number of nitrogens with one attached hydrogen (secondary N) is 1. The van der Waals surface area contributed by atoms with Crippen LogP contribution in [0.15, 0.2) is 84.0 Å². The summed E-state index contributed by atoms with van der Waals surface area (Å²) in [5.41, 5.74) is 2.45. The first-order valence-electron chi connectivity index (χ1n) is 11.4. The molecular formula is C26H29N3O3S. The van der Waals surface area contributed by atoms with Crippen LogP contribution in [0.1, 0.15) is 55.7 Å². The monoisotopic (exact) mass is 463 g/mol. The van der Waals surface area contributed by atoms with E-state index in [4.69, 9.17) is 0 Å². The van der Waals surface area contributed by atoms with E-state index in [9.17, 15) is 13.2 Å². The highest BCUT2D eigenvalue weighted by atomic mass is 32.2. The number of hydrogen-bond acceptors (Lipinski definition) is 4. The summed E-state index contributed by atoms with van der Waals surface area (Å²) < 4.78 is 28.5. The lowest BCUT2D eigenvalue weighted by molar-refractivity contribution is -0.117. The fourth-order valence-electron chi connectivity index (χ4n) is 4.43. The predicted octanol–water partition coefficient (Wildman–Crippen LogP) is 5.13. The lowest BCUT2D eigenvalue weighted by atomic mass is 9.95. The van der Waals surface area contributed by atoms with Gasteiger partial charge in [0.25, 0.3) is 0 Å². The maximum atomic E-state index is 13.5. The van der Waals surface area contributed by atoms with Crippen LogP contribution in [0.4, 0.5) is 5.69 Å². The Morgan fingerprint density at radius 2 is 1.82 bits per heavy atom. The van der Waals surface area contributed by atoms with Crippen LogP contribution in [0.5, 0.6) is 0 Å². The molecule has 0 unspecified atom stereocenters. The molecule has 1 saturated heterocycles. The van der Waals surface area contributed by atoms with Gasteiger partial charge in [-0.25, -0.2) is 8.42 Å². The van der Waals surface area contributed by atoms with Gasteiger partial charge >= 0.3 is 0 Å². The van der Waals surface area contributed by atoms with E-state index in [0.29, 0.717) is 18.7 Å². The fourth-order valence-corrected chi connectivity index (χ4v) is 6.11. The molecule has 1 aromatic heterocycles. The first-order chi connectivity index (χ1) is 16.0. The number of amides is 1. The second-order valence-electron chi connectivity index (χ2n) is 8.30. The van der Waals surface area contributed by atoms with Gasteiger partial charge in [0.1, 0.15) is 0 Å². The zero-order valence-corrected chi connectivity index (χ0v) is 19.5. The summed E-state index contributed by atoms with van der Waals surface area (Å²) >= 11 is 0. The van der Waals surface area contributed by atoms with Crippen LogP contribution in [0, 0.1) is 0 Å². The molecule has 0 bridgehead atoms. The lowest BCUT2D eigenvalue weighted by Crippen LogP contribution is -2.38. The molecule has 7 heteroatoms. The third kappa shape index (κ3) is 5.15. The Morgan fingerprint density at radius 3 is 2.48 bits per heavy atom. The number of hydrogen-bond donors (Lipinski definition) is 1. The van der Waals surface area contributed by atoms with Crippen LogP contribution in [0.25, 0.3) is 0 Å². The molecule has 6 nitrogen and oxygen atoms in total. The van der Waals surface area contributed by atoms with Gasteiger partial charge in [0.2, 0.25) is 15.9 Å². The van der Waals surface area contributed by atoms with Crippen LogP contribution in [-0.4, -0.2) is 30.2 Å². The van der Waals surface area contributed by atoms with E-state index in [1.54, 1.807) is 41.0 Å². The van der Waals surface area contributed by atoms with Gasteiger partial charge in [-0.15, -0.1) is 0 Å². The normalized spacial score (nSPS) is 17.9. The van der Waals surface area contributed by atoms with Crippen molar-refractivity contribution in [1.29, 1.82) is 0 Å². The fraction of sp³-hybridized carbons (Fsp3) is 0.308. The van der Waals surface area contributed by atoms with Crippen molar-refractivity contribution in [3.63, 3.8) is 0 Å². The molecule has 2 heterocycles. The van der Waals surface area contributed by atoms with Crippen LogP contribution in [0.2, 0.25) is 0 Å². The number of carbonyl (C=O) groups excluding carboxylic acids is 1. The van der Waals surface area contributed by atoms with Gasteiger partial charge in [-0.05, 0) is 60.7 Å². The number of piperidine rings is 1. The van der Waals surface area contributed by atoms with E-state index in [1.807, 2.05) is 49.4 Å². The molecule has 0 spiro atoms. The first-order valence-corrected chi connectivity index (χ1v) is 12.8. The molecular weight excluding hydrogens is 434 g/mol. The Kier molecular flexibility index (Phi) is 7.20. The quantitative estimate of drug-likeness (QED) is 0.527. The topological polar surface area (TPSA) is 79.4 Å². The molecule has 1 amide bonds. The standard InChI is InChI=1S/C26H29N3O3S/c1-2-24(20-9-4-3-5-10-20)26(30)28-22-13-15-23(16-14-22)33(31,32)29-18-7-6-12-25(29)21-11-8-17-27-19-21/h3-5,8-11,13-17,19,24-25H,2,6-7,12,18H2,1H3,(H,28,30)/t24-,25-/m0/s1. The maximum Gasteiger partial charge on any atom is 0.243 e. The van der Waals surface area contributed by atoms with Crippen molar-refractivity contribution in [3.05, 3.63) is 90.3 Å². The summed E-state index contributed by atoms with van der Waals surface area (Å²) in [6.07, 6.45) is 6.70. The third-order valence-electron chi connectivity index (χ3n) is 6.18. The van der Waals surface area contributed by atoms with Crippen molar-refractivity contribution >= 4 is 21.6 Å². The molecule has 172 valence electrons. The maximum absolute atomic E-state index is 13.5. The van der Waals surface area contributed by atoms with E-state index >= 15 is 0 Å². The summed E-state index contributed by atoms with van der Waals surface area (Å²) in [7, 11) is -3.68. The minimum absolute atomic E-state index is 0.105. The number of anilines is 1. The minimum Gasteiger partial charge on any atom is -0.326 e. The van der Waals surface area contributed by atoms with Crippen LogP contribution >= 0.6 is 0 Å². The molecule has 1 aliphatic rings. The van der Waals surface area contributed by atoms with E-state index < -0.39 is 10.0 Å². The highest BCUT2D eigenvalue weighted by Crippen LogP contribution is 2.35. The largest absolute Gasteiger partial charge is 0.326 e. The zero-order chi connectivity index (χ0) is 23.3. The molecule has 1 N–H and O–H groups in total. The van der Waals surface area contributed by atoms with Gasteiger partial charge in [0.15, 0.2) is 0 Å². The molecule has 0 saturated carbocycles. The molecule has 33 heavy (non-hydrogen) atoms. The second-order valence-corrected chi connectivity index (χ2v) is 10.2. The Hall–Kier alpha value is -3.03. The number of nitrogens with zero attached hydrogens (tertiary/aromatic N) is 2. The van der Waals surface area contributed by atoms with Crippen molar-refractivity contribution in [2.45, 2.75) is 49.5 Å². The molecule has 2 aromatic carbocycles. The predicted molar refractivity (Wildman–Crippen MR) is 129 cm³/mol. The van der Waals surface area contributed by atoms with Gasteiger partial charge in [-0.1, -0.05) is 49.7 Å². The number of benzene rings is 2. The molecule has 0 radical (unpaired) electrons. The smallest absolute Gasteiger partial charge is 0.243 e. The van der Waals surface area contributed by atoms with Crippen molar-refractivity contribution in [3.8, 4) is 0 Å². The summed E-state index contributed by atoms with van der Waals surface area (Å²) in [4.78, 5) is 17.2. The highest BCUT2D eigenvalue weighted by Gasteiger charge is 2.34. The molecule has 0 aliphatic carbocycles. The van der Waals surface area contributed by atoms with E-state index in [1.165, 1.54) is 0 Å². The Balaban J connectivity index is 1.51. The number of rotatable bonds is 7. The molecule has 3 aromatic rings. The lowest BCUT2D eigenvalue weighted by Gasteiger charge is -2.34. The molecule has 2 atom stereocenters. The summed E-state index contributed by atoms with van der Waals surface area (Å²) in [6.45, 7) is 2.46. The van der Waals surface area contributed by atoms with Crippen molar-refractivity contribution in [2.75, 3.05) is 11.9 Å². The molecule has 1 aliphatic heterocycles. The van der Waals surface area contributed by atoms with Gasteiger partial charge in [0, 0.05) is 24.6 Å². The van der Waals surface area contributed by atoms with Crippen LogP contribution < -0.4 is 5.32 Å². The van der Waals surface area contributed by atoms with Crippen LogP contribution in [0.3, 0.4) is 0 Å². The Bertz CT molecular complexity index is 1170. The highest BCUT2D eigenvalue weighted by molar-refractivity contribution is 7.89. The number of sulfonamides is 1. The summed E-state index contributed by atoms with van der Waals surface area (Å²) in [5, 5.41) is 2.93. The first kappa shape index (κ1) is 23.1. The number of pyridine rings is 1. The van der Waals surface area contributed by atoms with Crippen molar-refractivity contribution in [2.24, 2.45) is 0 Å². The van der Waals surface area contributed by atoms with Gasteiger partial charge in [0.05, 0.1) is 16.9 Å². The average molecular weight is 464 g/mol. The SMILES string of the molecule is CC[C@H](C(=O)Nc1ccc(S(=O)(=O)N2CCCC[C@H]2c2cccnc2)cc1)c1ccccc1. The van der Waals surface area contributed by atoms with E-state index in [2.05, 4.69) is 10.3 Å². The average Bonchev–Trinajstić information content (AvgIpc) is 2.86. The Morgan fingerprint density at radius 1 is 1.06 bits per heavy atom. The summed E-state index contributed by atoms with van der Waals surface area (Å²) in [5.74, 6) is -0.366. The van der Waals surface area contributed by atoms with Crippen molar-refractivity contribution < 1.29 is 13.2 Å². The molecule has 4 rings (SSSR count). The van der Waals surface area contributed by atoms with E-state index in [0.717, 1.165) is 30.4 Å². The zero-order valence-electron chi connectivity index (χ0n) is 18.7. The van der Waals surface area contributed by atoms with Crippen molar-refractivity contribution in [1.82, 2.24) is 9.29 Å². The third-order valence-corrected chi connectivity index (χ3v) is 8.10. The van der Waals surface area contributed by atoms with Gasteiger partial charge < -0.3 is 5.32 Å². The number of carbonyl (C=O) groups is 1. The second kappa shape index (κ2) is 10.3. The van der Waals surface area contributed by atoms with Crippen LogP contribution in [-0.2, 0) is 14.8 Å². The van der Waals surface area contributed by atoms with Gasteiger partial charge in [-0.3, -0.25) is 9.78 Å². The van der Waals surface area contributed by atoms with E-state index in [-0.39, 0.29) is 22.8 Å². The molecule has 1 fully saturated rings. The minimum atomic E-state index is -3.68. The number of aromatic nitrogens is 1. The summed E-state index contributed by atoms with van der Waals surface area (Å²) in [6, 6.07) is 19.7. The van der Waals surface area contributed by atoms with Gasteiger partial charge in [-0.2, -0.15) is 4.31 Å².